The molecule has 18 heavy (non-hydrogen) atoms. The number of esters is 1. The van der Waals surface area contributed by atoms with Crippen molar-refractivity contribution in [1.82, 2.24) is 10.1 Å². The van der Waals surface area contributed by atoms with E-state index in [0.29, 0.717) is 5.82 Å². The lowest BCUT2D eigenvalue weighted by molar-refractivity contribution is -0.146. The van der Waals surface area contributed by atoms with Crippen molar-refractivity contribution in [2.45, 2.75) is 20.0 Å². The summed E-state index contributed by atoms with van der Waals surface area (Å²) in [6.07, 6.45) is -0.542. The summed E-state index contributed by atoms with van der Waals surface area (Å²) >= 11 is 3.35. The molecule has 1 atom stereocenters. The molecule has 0 N–H and O–H groups in total. The first-order valence-corrected chi connectivity index (χ1v) is 6.12. The molecule has 0 spiro atoms. The lowest BCUT2D eigenvalue weighted by Crippen LogP contribution is -2.04. The molecule has 6 heteroatoms. The van der Waals surface area contributed by atoms with E-state index < -0.39 is 6.10 Å². The maximum atomic E-state index is 10.8. The van der Waals surface area contributed by atoms with Gasteiger partial charge in [0.25, 0.3) is 5.89 Å². The number of nitrogens with zero attached hydrogens (tertiary/aromatic N) is 2. The highest BCUT2D eigenvalue weighted by Gasteiger charge is 2.17. The minimum atomic E-state index is -0.542. The first-order valence-electron chi connectivity index (χ1n) is 5.33. The molecule has 0 saturated carbocycles. The topological polar surface area (TPSA) is 65.2 Å². The molecule has 5 nitrogen and oxygen atoms in total. The van der Waals surface area contributed by atoms with E-state index in [1.807, 2.05) is 24.3 Å². The molecule has 94 valence electrons. The van der Waals surface area contributed by atoms with Gasteiger partial charge in [0.2, 0.25) is 5.82 Å². The van der Waals surface area contributed by atoms with Crippen LogP contribution < -0.4 is 0 Å². The highest BCUT2D eigenvalue weighted by atomic mass is 79.9. The van der Waals surface area contributed by atoms with Crippen LogP contribution >= 0.6 is 15.9 Å². The standard InChI is InChI=1S/C12H11BrN2O3/c1-7(17-8(2)16)12-14-11(15-18-12)9-3-5-10(13)6-4-9/h3-7H,1-2H3/t7-/m1/s1. The monoisotopic (exact) mass is 310 g/mol. The number of carbonyl (C=O) groups excluding carboxylic acids is 1. The molecule has 0 unspecified atom stereocenters. The van der Waals surface area contributed by atoms with Gasteiger partial charge >= 0.3 is 5.97 Å². The van der Waals surface area contributed by atoms with Crippen LogP contribution in [-0.2, 0) is 9.53 Å². The van der Waals surface area contributed by atoms with E-state index in [0.717, 1.165) is 10.0 Å². The summed E-state index contributed by atoms with van der Waals surface area (Å²) in [5.74, 6) is 0.366. The fraction of sp³-hybridized carbons (Fsp3) is 0.250. The predicted molar refractivity (Wildman–Crippen MR) is 67.6 cm³/mol. The van der Waals surface area contributed by atoms with Gasteiger partial charge in [-0.1, -0.05) is 21.1 Å². The smallest absolute Gasteiger partial charge is 0.303 e. The molecule has 0 aliphatic heterocycles. The summed E-state index contributed by atoms with van der Waals surface area (Å²) in [5.41, 5.74) is 0.836. The molecule has 0 radical (unpaired) electrons. The Labute approximate surface area is 112 Å². The van der Waals surface area contributed by atoms with Crippen molar-refractivity contribution in [3.05, 3.63) is 34.6 Å². The predicted octanol–water partition coefficient (Wildman–Crippen LogP) is 3.12. The van der Waals surface area contributed by atoms with Crippen LogP contribution in [0.5, 0.6) is 0 Å². The van der Waals surface area contributed by atoms with Gasteiger partial charge in [-0.2, -0.15) is 4.98 Å². The van der Waals surface area contributed by atoms with Crippen molar-refractivity contribution < 1.29 is 14.1 Å². The lowest BCUT2D eigenvalue weighted by atomic mass is 10.2. The molecule has 0 amide bonds. The molecule has 1 aromatic heterocycles. The maximum absolute atomic E-state index is 10.8. The lowest BCUT2D eigenvalue weighted by Gasteiger charge is -2.05. The summed E-state index contributed by atoms with van der Waals surface area (Å²) in [6, 6.07) is 7.52. The van der Waals surface area contributed by atoms with Crippen molar-refractivity contribution in [3.63, 3.8) is 0 Å². The van der Waals surface area contributed by atoms with Gasteiger partial charge in [-0.25, -0.2) is 0 Å². The number of benzene rings is 1. The van der Waals surface area contributed by atoms with E-state index in [4.69, 9.17) is 9.26 Å². The Balaban J connectivity index is 2.19. The number of carbonyl (C=O) groups is 1. The van der Waals surface area contributed by atoms with Crippen LogP contribution in [0.2, 0.25) is 0 Å². The Hall–Kier alpha value is -1.69. The first-order chi connectivity index (χ1) is 8.56. The summed E-state index contributed by atoms with van der Waals surface area (Å²) in [4.78, 5) is 15.0. The van der Waals surface area contributed by atoms with Crippen LogP contribution in [0.1, 0.15) is 25.8 Å². The third kappa shape index (κ3) is 2.95. The van der Waals surface area contributed by atoms with Gasteiger partial charge in [0.15, 0.2) is 6.10 Å². The second-order valence-corrected chi connectivity index (χ2v) is 4.63. The van der Waals surface area contributed by atoms with Gasteiger partial charge in [0.05, 0.1) is 0 Å². The minimum Gasteiger partial charge on any atom is -0.453 e. The van der Waals surface area contributed by atoms with Crippen molar-refractivity contribution >= 4 is 21.9 Å². The largest absolute Gasteiger partial charge is 0.453 e. The SMILES string of the molecule is CC(=O)O[C@H](C)c1nc(-c2ccc(Br)cc2)no1. The van der Waals surface area contributed by atoms with Crippen LogP contribution in [0.15, 0.2) is 33.3 Å². The first kappa shape index (κ1) is 12.8. The van der Waals surface area contributed by atoms with E-state index in [1.54, 1.807) is 6.92 Å². The molecule has 0 fully saturated rings. The Kier molecular flexibility index (Phi) is 3.76. The summed E-state index contributed by atoms with van der Waals surface area (Å²) < 4.78 is 11.0. The Bertz CT molecular complexity index is 551. The zero-order valence-electron chi connectivity index (χ0n) is 9.88. The molecular weight excluding hydrogens is 300 g/mol. The zero-order valence-corrected chi connectivity index (χ0v) is 11.5. The average Bonchev–Trinajstić information content (AvgIpc) is 2.78. The van der Waals surface area contributed by atoms with Crippen molar-refractivity contribution in [1.29, 1.82) is 0 Å². The average molecular weight is 311 g/mol. The third-order valence-electron chi connectivity index (χ3n) is 2.23. The highest BCUT2D eigenvalue weighted by Crippen LogP contribution is 2.22. The molecule has 1 aromatic carbocycles. The third-order valence-corrected chi connectivity index (χ3v) is 2.76. The van der Waals surface area contributed by atoms with Crippen molar-refractivity contribution in [3.8, 4) is 11.4 Å². The molecule has 0 aliphatic rings. The van der Waals surface area contributed by atoms with E-state index in [9.17, 15) is 4.79 Å². The van der Waals surface area contributed by atoms with Gasteiger partial charge in [0.1, 0.15) is 0 Å². The van der Waals surface area contributed by atoms with Crippen molar-refractivity contribution in [2.75, 3.05) is 0 Å². The minimum absolute atomic E-state index is 0.281. The zero-order chi connectivity index (χ0) is 13.1. The van der Waals surface area contributed by atoms with Gasteiger partial charge in [-0.15, -0.1) is 0 Å². The number of ether oxygens (including phenoxy) is 1. The number of hydrogen-bond donors (Lipinski definition) is 0. The number of rotatable bonds is 3. The quantitative estimate of drug-likeness (QED) is 0.815. The van der Waals surface area contributed by atoms with E-state index in [2.05, 4.69) is 26.1 Å². The number of hydrogen-bond acceptors (Lipinski definition) is 5. The van der Waals surface area contributed by atoms with Crippen LogP contribution in [0, 0.1) is 0 Å². The van der Waals surface area contributed by atoms with Crippen LogP contribution in [0.25, 0.3) is 11.4 Å². The molecule has 2 aromatic rings. The van der Waals surface area contributed by atoms with Gasteiger partial charge < -0.3 is 9.26 Å². The maximum Gasteiger partial charge on any atom is 0.303 e. The van der Waals surface area contributed by atoms with Gasteiger partial charge in [-0.05, 0) is 31.2 Å². The summed E-state index contributed by atoms with van der Waals surface area (Å²) in [6.45, 7) is 3.02. The summed E-state index contributed by atoms with van der Waals surface area (Å²) in [5, 5.41) is 3.85. The van der Waals surface area contributed by atoms with E-state index >= 15 is 0 Å². The number of halogens is 1. The Morgan fingerprint density at radius 2 is 2.06 bits per heavy atom. The number of aromatic nitrogens is 2. The Morgan fingerprint density at radius 1 is 1.39 bits per heavy atom. The van der Waals surface area contributed by atoms with Gasteiger partial charge in [-0.3, -0.25) is 4.79 Å². The molecular formula is C12H11BrN2O3. The highest BCUT2D eigenvalue weighted by molar-refractivity contribution is 9.10. The summed E-state index contributed by atoms with van der Waals surface area (Å²) in [7, 11) is 0. The second-order valence-electron chi connectivity index (χ2n) is 3.71. The molecule has 1 heterocycles. The normalized spacial score (nSPS) is 12.2. The van der Waals surface area contributed by atoms with Crippen LogP contribution in [-0.4, -0.2) is 16.1 Å². The van der Waals surface area contributed by atoms with Gasteiger partial charge in [0, 0.05) is 17.0 Å². The van der Waals surface area contributed by atoms with E-state index in [1.165, 1.54) is 6.92 Å². The van der Waals surface area contributed by atoms with E-state index in [-0.39, 0.29) is 11.9 Å². The Morgan fingerprint density at radius 3 is 2.67 bits per heavy atom. The molecule has 0 saturated heterocycles. The molecule has 0 aliphatic carbocycles. The van der Waals surface area contributed by atoms with Crippen LogP contribution in [0.4, 0.5) is 0 Å². The van der Waals surface area contributed by atoms with Crippen LogP contribution in [0.3, 0.4) is 0 Å². The second kappa shape index (κ2) is 5.30. The molecule has 0 bridgehead atoms. The van der Waals surface area contributed by atoms with Crippen molar-refractivity contribution in [2.24, 2.45) is 0 Å². The fourth-order valence-electron chi connectivity index (χ4n) is 1.42. The molecule has 2 rings (SSSR count). The fourth-order valence-corrected chi connectivity index (χ4v) is 1.68.